The van der Waals surface area contributed by atoms with Crippen molar-refractivity contribution in [1.29, 1.82) is 0 Å². The third-order valence-electron chi connectivity index (χ3n) is 6.75. The van der Waals surface area contributed by atoms with Gasteiger partial charge in [0.1, 0.15) is 9.23 Å². The number of anilines is 1. The van der Waals surface area contributed by atoms with Crippen LogP contribution < -0.4 is 10.0 Å². The minimum atomic E-state index is -3.93. The number of carbonyl (C=O) groups excluding carboxylic acids is 2. The topological polar surface area (TPSA) is 102 Å². The molecule has 2 fully saturated rings. The molecule has 5 atom stereocenters. The molecule has 7 nitrogen and oxygen atoms in total. The Kier molecular flexibility index (Phi) is 7.47. The van der Waals surface area contributed by atoms with Crippen molar-refractivity contribution in [2.75, 3.05) is 4.72 Å². The van der Waals surface area contributed by atoms with E-state index >= 15 is 0 Å². The Balaban J connectivity index is 1.31. The summed E-state index contributed by atoms with van der Waals surface area (Å²) in [6, 6.07) is 7.02. The Morgan fingerprint density at radius 3 is 2.38 bits per heavy atom. The van der Waals surface area contributed by atoms with Crippen LogP contribution in [0.2, 0.25) is 8.67 Å². The average Bonchev–Trinajstić information content (AvgIpc) is 3.49. The highest BCUT2D eigenvalue weighted by molar-refractivity contribution is 7.93. The lowest BCUT2D eigenvalue weighted by Gasteiger charge is -2.29. The van der Waals surface area contributed by atoms with Gasteiger partial charge < -0.3 is 10.1 Å². The number of hydrogen-bond donors (Lipinski definition) is 2. The zero-order valence-electron chi connectivity index (χ0n) is 18.7. The van der Waals surface area contributed by atoms with Gasteiger partial charge in [0.2, 0.25) is 0 Å². The largest absolute Gasteiger partial charge is 0.449 e. The maximum absolute atomic E-state index is 12.6. The second-order valence-corrected chi connectivity index (χ2v) is 13.0. The van der Waals surface area contributed by atoms with E-state index in [1.807, 2.05) is 6.92 Å². The van der Waals surface area contributed by atoms with E-state index in [2.05, 4.69) is 10.0 Å². The van der Waals surface area contributed by atoms with Gasteiger partial charge in [-0.25, -0.2) is 13.2 Å². The lowest BCUT2D eigenvalue weighted by molar-refractivity contribution is -0.130. The second kappa shape index (κ2) is 10.0. The fourth-order valence-corrected chi connectivity index (χ4v) is 8.24. The first-order valence-corrected chi connectivity index (χ1v) is 14.2. The molecule has 0 unspecified atom stereocenters. The third-order valence-corrected chi connectivity index (χ3v) is 9.88. The summed E-state index contributed by atoms with van der Waals surface area (Å²) in [5, 5.41) is 3.01. The van der Waals surface area contributed by atoms with Crippen molar-refractivity contribution in [3.63, 3.8) is 0 Å². The molecular formula is C23H26Cl2N2O5S2. The molecule has 184 valence electrons. The molecule has 4 rings (SSSR count). The number of benzene rings is 1. The SMILES string of the molecule is C[C@@H](OC(=O)c1ccc(NS(=O)(=O)c2cc(Cl)sc2Cl)cc1)C(=O)N[C@H](C)[C@@H]1C[C@@H]2CC[C@@H]1C2. The van der Waals surface area contributed by atoms with E-state index < -0.39 is 22.1 Å². The van der Waals surface area contributed by atoms with E-state index in [0.29, 0.717) is 11.8 Å². The lowest BCUT2D eigenvalue weighted by Crippen LogP contribution is -2.45. The van der Waals surface area contributed by atoms with Crippen LogP contribution in [0.3, 0.4) is 0 Å². The van der Waals surface area contributed by atoms with Crippen molar-refractivity contribution in [2.45, 2.75) is 56.6 Å². The molecule has 1 amide bonds. The summed E-state index contributed by atoms with van der Waals surface area (Å²) in [6.07, 6.45) is 4.00. The fraction of sp³-hybridized carbons (Fsp3) is 0.478. The number of esters is 1. The van der Waals surface area contributed by atoms with Crippen molar-refractivity contribution in [3.8, 4) is 0 Å². The van der Waals surface area contributed by atoms with E-state index in [4.69, 9.17) is 27.9 Å². The van der Waals surface area contributed by atoms with Crippen LogP contribution in [-0.4, -0.2) is 32.4 Å². The Hall–Kier alpha value is -1.81. The van der Waals surface area contributed by atoms with Gasteiger partial charge in [-0.1, -0.05) is 29.6 Å². The number of halogens is 2. The third kappa shape index (κ3) is 5.53. The summed E-state index contributed by atoms with van der Waals surface area (Å²) in [4.78, 5) is 25.0. The molecule has 1 heterocycles. The highest BCUT2D eigenvalue weighted by Gasteiger charge is 2.42. The van der Waals surface area contributed by atoms with Gasteiger partial charge in [0.05, 0.1) is 9.90 Å². The molecule has 2 aliphatic rings. The number of carbonyl (C=O) groups is 2. The van der Waals surface area contributed by atoms with Gasteiger partial charge in [-0.2, -0.15) is 0 Å². The molecule has 2 bridgehead atoms. The zero-order valence-corrected chi connectivity index (χ0v) is 21.9. The summed E-state index contributed by atoms with van der Waals surface area (Å²) in [7, 11) is -3.93. The van der Waals surface area contributed by atoms with Crippen LogP contribution in [0.25, 0.3) is 0 Å². The van der Waals surface area contributed by atoms with Gasteiger partial charge in [-0.15, -0.1) is 11.3 Å². The Morgan fingerprint density at radius 1 is 1.12 bits per heavy atom. The standard InChI is InChI=1S/C23H26Cl2N2O5S2/c1-12(18-10-14-3-4-16(18)9-14)26-22(28)13(2)32-23(29)15-5-7-17(8-6-15)27-34(30,31)19-11-20(24)33-21(19)25/h5-8,11-14,16,18,27H,3-4,9-10H2,1-2H3,(H,26,28)/t12-,13-,14-,16-,18+/m1/s1. The number of amides is 1. The zero-order chi connectivity index (χ0) is 24.6. The van der Waals surface area contributed by atoms with Crippen LogP contribution in [0.4, 0.5) is 5.69 Å². The Bertz CT molecular complexity index is 1180. The summed E-state index contributed by atoms with van der Waals surface area (Å²) >= 11 is 12.7. The molecule has 2 aliphatic carbocycles. The lowest BCUT2D eigenvalue weighted by atomic mass is 9.84. The highest BCUT2D eigenvalue weighted by Crippen LogP contribution is 2.49. The van der Waals surface area contributed by atoms with Crippen LogP contribution in [0.1, 0.15) is 49.9 Å². The molecular weight excluding hydrogens is 519 g/mol. The molecule has 2 aromatic rings. The van der Waals surface area contributed by atoms with Crippen molar-refractivity contribution in [2.24, 2.45) is 17.8 Å². The first-order chi connectivity index (χ1) is 16.0. The van der Waals surface area contributed by atoms with Crippen molar-refractivity contribution < 1.29 is 22.7 Å². The van der Waals surface area contributed by atoms with Crippen molar-refractivity contribution in [1.82, 2.24) is 5.32 Å². The molecule has 34 heavy (non-hydrogen) atoms. The summed E-state index contributed by atoms with van der Waals surface area (Å²) in [5.74, 6) is 0.970. The first kappa shape index (κ1) is 25.3. The van der Waals surface area contributed by atoms with E-state index in [9.17, 15) is 18.0 Å². The maximum atomic E-state index is 12.6. The predicted octanol–water partition coefficient (Wildman–Crippen LogP) is 5.34. The van der Waals surface area contributed by atoms with Crippen molar-refractivity contribution >= 4 is 62.1 Å². The summed E-state index contributed by atoms with van der Waals surface area (Å²) in [5.41, 5.74) is 0.431. The smallest absolute Gasteiger partial charge is 0.338 e. The highest BCUT2D eigenvalue weighted by atomic mass is 35.5. The summed E-state index contributed by atoms with van der Waals surface area (Å²) in [6.45, 7) is 3.56. The molecule has 0 radical (unpaired) electrons. The van der Waals surface area contributed by atoms with Gasteiger partial charge in [0.15, 0.2) is 6.10 Å². The Morgan fingerprint density at radius 2 is 1.82 bits per heavy atom. The normalized spacial score (nSPS) is 23.4. The molecule has 2 saturated carbocycles. The Labute approximate surface area is 213 Å². The number of rotatable bonds is 8. The van der Waals surface area contributed by atoms with Gasteiger partial charge in [0.25, 0.3) is 15.9 Å². The number of ether oxygens (including phenoxy) is 1. The van der Waals surface area contributed by atoms with Crippen LogP contribution in [-0.2, 0) is 19.6 Å². The van der Waals surface area contributed by atoms with Gasteiger partial charge in [-0.3, -0.25) is 9.52 Å². The molecule has 1 aromatic heterocycles. The van der Waals surface area contributed by atoms with E-state index in [1.165, 1.54) is 49.6 Å². The first-order valence-electron chi connectivity index (χ1n) is 11.1. The van der Waals surface area contributed by atoms with Crippen LogP contribution in [0.15, 0.2) is 35.2 Å². The van der Waals surface area contributed by atoms with E-state index in [-0.39, 0.29) is 36.8 Å². The fourth-order valence-electron chi connectivity index (χ4n) is 5.03. The predicted molar refractivity (Wildman–Crippen MR) is 133 cm³/mol. The molecule has 0 saturated heterocycles. The average molecular weight is 546 g/mol. The van der Waals surface area contributed by atoms with Gasteiger partial charge in [-0.05, 0) is 81.2 Å². The van der Waals surface area contributed by atoms with Gasteiger partial charge in [0, 0.05) is 11.7 Å². The quantitative estimate of drug-likeness (QED) is 0.436. The second-order valence-electron chi connectivity index (χ2n) is 9.05. The van der Waals surface area contributed by atoms with Crippen LogP contribution in [0, 0.1) is 17.8 Å². The maximum Gasteiger partial charge on any atom is 0.338 e. The summed E-state index contributed by atoms with van der Waals surface area (Å²) < 4.78 is 33.1. The molecule has 0 spiro atoms. The molecule has 1 aromatic carbocycles. The number of sulfonamides is 1. The van der Waals surface area contributed by atoms with E-state index in [0.717, 1.165) is 23.7 Å². The molecule has 11 heteroatoms. The van der Waals surface area contributed by atoms with Gasteiger partial charge >= 0.3 is 5.97 Å². The molecule has 2 N–H and O–H groups in total. The minimum Gasteiger partial charge on any atom is -0.449 e. The van der Waals surface area contributed by atoms with E-state index in [1.54, 1.807) is 6.92 Å². The minimum absolute atomic E-state index is 0.0443. The van der Waals surface area contributed by atoms with Crippen LogP contribution in [0.5, 0.6) is 0 Å². The van der Waals surface area contributed by atoms with Crippen LogP contribution >= 0.6 is 34.5 Å². The number of thiophene rings is 1. The number of hydrogen-bond acceptors (Lipinski definition) is 6. The monoisotopic (exact) mass is 544 g/mol. The van der Waals surface area contributed by atoms with Crippen molar-refractivity contribution in [3.05, 3.63) is 44.6 Å². The number of fused-ring (bicyclic) bond motifs is 2. The number of nitrogens with one attached hydrogen (secondary N) is 2. The molecule has 0 aliphatic heterocycles.